The Bertz CT molecular complexity index is 835. The first kappa shape index (κ1) is 22.8. The summed E-state index contributed by atoms with van der Waals surface area (Å²) in [4.78, 5) is 19.6. The van der Waals surface area contributed by atoms with Gasteiger partial charge in [-0.05, 0) is 37.5 Å². The summed E-state index contributed by atoms with van der Waals surface area (Å²) >= 11 is 1.59. The van der Waals surface area contributed by atoms with Gasteiger partial charge in [-0.3, -0.25) is 4.52 Å². The number of benzene rings is 1. The fourth-order valence-electron chi connectivity index (χ4n) is 2.33. The third kappa shape index (κ3) is 9.63. The van der Waals surface area contributed by atoms with Crippen molar-refractivity contribution >= 4 is 19.2 Å². The zero-order chi connectivity index (χ0) is 20.5. The van der Waals surface area contributed by atoms with Crippen LogP contribution in [0.3, 0.4) is 0 Å². The molecule has 2 rings (SSSR count). The quantitative estimate of drug-likeness (QED) is 0.307. The van der Waals surface area contributed by atoms with Gasteiger partial charge in [0.2, 0.25) is 0 Å². The molecule has 1 heterocycles. The van der Waals surface area contributed by atoms with Crippen LogP contribution in [0.5, 0.6) is 0 Å². The second kappa shape index (κ2) is 10.9. The van der Waals surface area contributed by atoms with Crippen molar-refractivity contribution in [2.75, 3.05) is 13.2 Å². The lowest BCUT2D eigenvalue weighted by Crippen LogP contribution is -2.41. The van der Waals surface area contributed by atoms with Gasteiger partial charge in [-0.15, -0.1) is 11.3 Å². The molecule has 0 radical (unpaired) electrons. The van der Waals surface area contributed by atoms with Crippen LogP contribution in [-0.2, 0) is 26.9 Å². The number of ether oxygens (including phenoxy) is 1. The van der Waals surface area contributed by atoms with E-state index in [4.69, 9.17) is 20.3 Å². The van der Waals surface area contributed by atoms with E-state index in [1.807, 2.05) is 42.5 Å². The van der Waals surface area contributed by atoms with Gasteiger partial charge in [0.05, 0.1) is 24.7 Å². The maximum atomic E-state index is 10.8. The Morgan fingerprint density at radius 1 is 1.21 bits per heavy atom. The van der Waals surface area contributed by atoms with Crippen molar-refractivity contribution in [2.45, 2.75) is 38.3 Å². The first-order valence-electron chi connectivity index (χ1n) is 8.92. The van der Waals surface area contributed by atoms with Gasteiger partial charge < -0.3 is 20.3 Å². The topological polar surface area (TPSA) is 102 Å². The SMILES string of the molecule is CC(N)(CCc1ccc(C#CCCOCc2ccccc2)s1)COP(=O)(O)O. The normalized spacial score (nSPS) is 13.6. The molecule has 0 aliphatic heterocycles. The molecule has 152 valence electrons. The third-order valence-corrected chi connectivity index (χ3v) is 5.39. The van der Waals surface area contributed by atoms with Crippen LogP contribution in [0.1, 0.15) is 35.1 Å². The van der Waals surface area contributed by atoms with Crippen molar-refractivity contribution in [3.63, 3.8) is 0 Å². The van der Waals surface area contributed by atoms with Crippen molar-refractivity contribution in [2.24, 2.45) is 5.73 Å². The summed E-state index contributed by atoms with van der Waals surface area (Å²) in [6.45, 7) is 2.70. The molecular weight excluding hydrogens is 397 g/mol. The highest BCUT2D eigenvalue weighted by Gasteiger charge is 2.24. The van der Waals surface area contributed by atoms with Crippen LogP contribution in [0.4, 0.5) is 0 Å². The molecule has 1 unspecified atom stereocenters. The minimum Gasteiger partial charge on any atom is -0.376 e. The average Bonchev–Trinajstić information content (AvgIpc) is 3.10. The molecule has 0 fully saturated rings. The summed E-state index contributed by atoms with van der Waals surface area (Å²) in [5, 5.41) is 0. The van der Waals surface area contributed by atoms with Gasteiger partial charge >= 0.3 is 7.82 Å². The molecule has 0 saturated carbocycles. The highest BCUT2D eigenvalue weighted by Crippen LogP contribution is 2.37. The number of aryl methyl sites for hydroxylation is 1. The molecule has 0 aliphatic rings. The average molecular weight is 423 g/mol. The van der Waals surface area contributed by atoms with Gasteiger partial charge in [0, 0.05) is 16.8 Å². The van der Waals surface area contributed by atoms with Crippen molar-refractivity contribution in [1.82, 2.24) is 0 Å². The van der Waals surface area contributed by atoms with E-state index in [2.05, 4.69) is 16.4 Å². The molecular formula is C20H26NO5PS. The zero-order valence-electron chi connectivity index (χ0n) is 15.8. The fraction of sp³-hybridized carbons (Fsp3) is 0.400. The van der Waals surface area contributed by atoms with Crippen molar-refractivity contribution in [3.05, 3.63) is 57.8 Å². The Morgan fingerprint density at radius 3 is 2.68 bits per heavy atom. The molecule has 0 bridgehead atoms. The molecule has 28 heavy (non-hydrogen) atoms. The van der Waals surface area contributed by atoms with Gasteiger partial charge in [0.15, 0.2) is 0 Å². The second-order valence-electron chi connectivity index (χ2n) is 6.77. The van der Waals surface area contributed by atoms with Crippen LogP contribution >= 0.6 is 19.2 Å². The predicted molar refractivity (Wildman–Crippen MR) is 111 cm³/mol. The second-order valence-corrected chi connectivity index (χ2v) is 9.18. The van der Waals surface area contributed by atoms with Gasteiger partial charge in [-0.25, -0.2) is 4.57 Å². The van der Waals surface area contributed by atoms with Crippen LogP contribution in [0.15, 0.2) is 42.5 Å². The van der Waals surface area contributed by atoms with Crippen LogP contribution in [0.25, 0.3) is 0 Å². The number of rotatable bonds is 10. The van der Waals surface area contributed by atoms with E-state index in [0.29, 0.717) is 32.5 Å². The van der Waals surface area contributed by atoms with Crippen LogP contribution in [-0.4, -0.2) is 28.5 Å². The molecule has 6 nitrogen and oxygen atoms in total. The van der Waals surface area contributed by atoms with Gasteiger partial charge in [0.25, 0.3) is 0 Å². The molecule has 0 amide bonds. The molecule has 8 heteroatoms. The summed E-state index contributed by atoms with van der Waals surface area (Å²) in [6.07, 6.45) is 1.92. The Morgan fingerprint density at radius 2 is 1.96 bits per heavy atom. The van der Waals surface area contributed by atoms with Crippen molar-refractivity contribution in [3.8, 4) is 11.8 Å². The van der Waals surface area contributed by atoms with E-state index >= 15 is 0 Å². The van der Waals surface area contributed by atoms with Gasteiger partial charge in [-0.2, -0.15) is 0 Å². The number of phosphoric ester groups is 1. The molecule has 0 spiro atoms. The lowest BCUT2D eigenvalue weighted by molar-refractivity contribution is 0.126. The number of hydrogen-bond donors (Lipinski definition) is 3. The molecule has 4 N–H and O–H groups in total. The maximum Gasteiger partial charge on any atom is 0.469 e. The predicted octanol–water partition coefficient (Wildman–Crippen LogP) is 3.47. The van der Waals surface area contributed by atoms with E-state index in [1.54, 1.807) is 18.3 Å². The summed E-state index contributed by atoms with van der Waals surface area (Å²) in [7, 11) is -4.50. The number of nitrogens with two attached hydrogens (primary N) is 1. The lowest BCUT2D eigenvalue weighted by Gasteiger charge is -2.24. The Balaban J connectivity index is 1.69. The van der Waals surface area contributed by atoms with E-state index in [0.717, 1.165) is 15.3 Å². The number of thiophene rings is 1. The van der Waals surface area contributed by atoms with Crippen LogP contribution in [0.2, 0.25) is 0 Å². The van der Waals surface area contributed by atoms with E-state index in [1.165, 1.54) is 0 Å². The summed E-state index contributed by atoms with van der Waals surface area (Å²) in [6, 6.07) is 14.0. The standard InChI is InChI=1S/C20H26NO5PS/c1-20(21,16-26-27(22,23)24)13-12-19-11-10-18(28-19)9-5-6-14-25-15-17-7-3-2-4-8-17/h2-4,7-8,10-11H,6,12-16,21H2,1H3,(H2,22,23,24). The highest BCUT2D eigenvalue weighted by molar-refractivity contribution is 7.46. The summed E-state index contributed by atoms with van der Waals surface area (Å²) in [5.74, 6) is 6.25. The minimum absolute atomic E-state index is 0.196. The minimum atomic E-state index is -4.50. The van der Waals surface area contributed by atoms with Crippen LogP contribution < -0.4 is 5.73 Å². The van der Waals surface area contributed by atoms with Crippen molar-refractivity contribution in [1.29, 1.82) is 0 Å². The maximum absolute atomic E-state index is 10.8. The highest BCUT2D eigenvalue weighted by atomic mass is 32.1. The summed E-state index contributed by atoms with van der Waals surface area (Å²) < 4.78 is 20.9. The van der Waals surface area contributed by atoms with Crippen molar-refractivity contribution < 1.29 is 23.6 Å². The summed E-state index contributed by atoms with van der Waals surface area (Å²) in [5.41, 5.74) is 6.38. The Hall–Kier alpha value is -1.49. The van der Waals surface area contributed by atoms with Gasteiger partial charge in [0.1, 0.15) is 0 Å². The molecule has 1 atom stereocenters. The first-order chi connectivity index (χ1) is 13.2. The monoisotopic (exact) mass is 423 g/mol. The molecule has 1 aromatic carbocycles. The first-order valence-corrected chi connectivity index (χ1v) is 11.3. The van der Waals surface area contributed by atoms with Gasteiger partial charge in [-0.1, -0.05) is 42.2 Å². The molecule has 0 saturated heterocycles. The molecule has 1 aromatic heterocycles. The smallest absolute Gasteiger partial charge is 0.376 e. The van der Waals surface area contributed by atoms with E-state index < -0.39 is 13.4 Å². The molecule has 2 aromatic rings. The number of phosphoric acid groups is 1. The Kier molecular flexibility index (Phi) is 8.87. The Labute approximate surface area is 169 Å². The largest absolute Gasteiger partial charge is 0.469 e. The number of hydrogen-bond acceptors (Lipinski definition) is 5. The van der Waals surface area contributed by atoms with E-state index in [9.17, 15) is 4.57 Å². The fourth-order valence-corrected chi connectivity index (χ4v) is 3.67. The van der Waals surface area contributed by atoms with E-state index in [-0.39, 0.29) is 6.61 Å². The lowest BCUT2D eigenvalue weighted by atomic mass is 9.98. The zero-order valence-corrected chi connectivity index (χ0v) is 17.5. The molecule has 0 aliphatic carbocycles. The van der Waals surface area contributed by atoms with Crippen LogP contribution in [0, 0.1) is 11.8 Å². The third-order valence-electron chi connectivity index (χ3n) is 3.86.